The molecule has 1 atom stereocenters. The topological polar surface area (TPSA) is 76.2 Å². The summed E-state index contributed by atoms with van der Waals surface area (Å²) in [6.07, 6.45) is 3.75. The Morgan fingerprint density at radius 3 is 2.79 bits per heavy atom. The van der Waals surface area contributed by atoms with Gasteiger partial charge in [-0.15, -0.1) is 10.2 Å². The Bertz CT molecular complexity index is 920. The van der Waals surface area contributed by atoms with E-state index in [2.05, 4.69) is 25.0 Å². The smallest absolute Gasteiger partial charge is 0.220 e. The molecule has 1 aliphatic rings. The number of benzene rings is 1. The fourth-order valence-electron chi connectivity index (χ4n) is 3.77. The van der Waals surface area contributed by atoms with Crippen molar-refractivity contribution in [3.8, 4) is 0 Å². The minimum absolute atomic E-state index is 0.0340. The largest absolute Gasteiger partial charge is 0.468 e. The van der Waals surface area contributed by atoms with Crippen LogP contribution < -0.4 is 5.32 Å². The van der Waals surface area contributed by atoms with E-state index in [4.69, 9.17) is 4.42 Å². The lowest BCUT2D eigenvalue weighted by Gasteiger charge is -2.19. The maximum atomic E-state index is 12.4. The molecule has 152 valence electrons. The summed E-state index contributed by atoms with van der Waals surface area (Å²) in [5.74, 6) is 2.81. The number of carbonyl (C=O) groups is 1. The van der Waals surface area contributed by atoms with Gasteiger partial charge in [-0.3, -0.25) is 9.69 Å². The average Bonchev–Trinajstić information content (AvgIpc) is 3.34. The second kappa shape index (κ2) is 9.05. The molecule has 0 bridgehead atoms. The molecule has 29 heavy (non-hydrogen) atoms. The van der Waals surface area contributed by atoms with Crippen molar-refractivity contribution in [1.29, 1.82) is 0 Å². The van der Waals surface area contributed by atoms with E-state index < -0.39 is 0 Å². The summed E-state index contributed by atoms with van der Waals surface area (Å²) in [5, 5.41) is 11.8. The maximum Gasteiger partial charge on any atom is 0.220 e. The van der Waals surface area contributed by atoms with Gasteiger partial charge in [0.25, 0.3) is 0 Å². The molecule has 0 saturated heterocycles. The Hall–Kier alpha value is -2.93. The molecule has 0 spiro atoms. The van der Waals surface area contributed by atoms with E-state index in [0.717, 1.165) is 56.4 Å². The average molecular weight is 393 g/mol. The summed E-state index contributed by atoms with van der Waals surface area (Å²) >= 11 is 0. The summed E-state index contributed by atoms with van der Waals surface area (Å²) in [7, 11) is 0. The molecule has 7 nitrogen and oxygen atoms in total. The molecule has 0 unspecified atom stereocenters. The SMILES string of the molecule is C[C@H](NC(=O)CCc1ccccc1)c1nnc2n1CCN(Cc1ccco1)CC2. The molecule has 2 aromatic heterocycles. The summed E-state index contributed by atoms with van der Waals surface area (Å²) in [5.41, 5.74) is 1.17. The third-order valence-electron chi connectivity index (χ3n) is 5.36. The van der Waals surface area contributed by atoms with E-state index in [1.165, 1.54) is 5.56 Å². The predicted octanol–water partition coefficient (Wildman–Crippen LogP) is 2.74. The van der Waals surface area contributed by atoms with Gasteiger partial charge in [0.05, 0.1) is 18.8 Å². The second-order valence-electron chi connectivity index (χ2n) is 7.51. The molecule has 0 fully saturated rings. The van der Waals surface area contributed by atoms with Gasteiger partial charge in [-0.25, -0.2) is 0 Å². The number of carbonyl (C=O) groups excluding carboxylic acids is 1. The number of nitrogens with one attached hydrogen (secondary N) is 1. The van der Waals surface area contributed by atoms with Gasteiger partial charge >= 0.3 is 0 Å². The van der Waals surface area contributed by atoms with Gasteiger partial charge in [-0.2, -0.15) is 0 Å². The summed E-state index contributed by atoms with van der Waals surface area (Å²) in [6.45, 7) is 5.39. The van der Waals surface area contributed by atoms with E-state index >= 15 is 0 Å². The van der Waals surface area contributed by atoms with E-state index in [1.807, 2.05) is 49.4 Å². The van der Waals surface area contributed by atoms with Crippen molar-refractivity contribution < 1.29 is 9.21 Å². The van der Waals surface area contributed by atoms with Crippen LogP contribution in [0.15, 0.2) is 53.1 Å². The zero-order valence-electron chi connectivity index (χ0n) is 16.8. The zero-order valence-corrected chi connectivity index (χ0v) is 16.8. The summed E-state index contributed by atoms with van der Waals surface area (Å²) in [6, 6.07) is 13.8. The van der Waals surface area contributed by atoms with E-state index in [1.54, 1.807) is 6.26 Å². The molecule has 0 aliphatic carbocycles. The van der Waals surface area contributed by atoms with Crippen molar-refractivity contribution in [3.63, 3.8) is 0 Å². The number of aryl methyl sites for hydroxylation is 1. The fourth-order valence-corrected chi connectivity index (χ4v) is 3.77. The quantitative estimate of drug-likeness (QED) is 0.668. The molecule has 1 aromatic carbocycles. The molecule has 1 aliphatic heterocycles. The lowest BCUT2D eigenvalue weighted by molar-refractivity contribution is -0.121. The number of hydrogen-bond donors (Lipinski definition) is 1. The first kappa shape index (κ1) is 19.4. The predicted molar refractivity (Wildman–Crippen MR) is 109 cm³/mol. The van der Waals surface area contributed by atoms with Crippen LogP contribution >= 0.6 is 0 Å². The highest BCUT2D eigenvalue weighted by Gasteiger charge is 2.23. The van der Waals surface area contributed by atoms with Gasteiger partial charge in [-0.05, 0) is 31.0 Å². The lowest BCUT2D eigenvalue weighted by Crippen LogP contribution is -2.30. The number of rotatable bonds is 7. The number of hydrogen-bond acceptors (Lipinski definition) is 5. The first-order valence-corrected chi connectivity index (χ1v) is 10.2. The molecule has 0 radical (unpaired) electrons. The van der Waals surface area contributed by atoms with E-state index in [-0.39, 0.29) is 11.9 Å². The number of fused-ring (bicyclic) bond motifs is 1. The van der Waals surface area contributed by atoms with Gasteiger partial charge in [0.2, 0.25) is 5.91 Å². The Kier molecular flexibility index (Phi) is 6.05. The van der Waals surface area contributed by atoms with Crippen molar-refractivity contribution >= 4 is 5.91 Å². The Morgan fingerprint density at radius 2 is 2.00 bits per heavy atom. The monoisotopic (exact) mass is 393 g/mol. The Labute approximate surface area is 170 Å². The van der Waals surface area contributed by atoms with Gasteiger partial charge in [0.1, 0.15) is 11.6 Å². The minimum Gasteiger partial charge on any atom is -0.468 e. The highest BCUT2D eigenvalue weighted by molar-refractivity contribution is 5.76. The standard InChI is InChI=1S/C22H27N5O2/c1-17(23-21(28)10-9-18-6-3-2-4-7-18)22-25-24-20-11-12-26(13-14-27(20)22)16-19-8-5-15-29-19/h2-8,15,17H,9-14,16H2,1H3,(H,23,28)/t17-/m0/s1. The minimum atomic E-state index is -0.170. The summed E-state index contributed by atoms with van der Waals surface area (Å²) < 4.78 is 7.63. The molecule has 4 rings (SSSR count). The fraction of sp³-hybridized carbons (Fsp3) is 0.409. The van der Waals surface area contributed by atoms with Crippen molar-refractivity contribution in [1.82, 2.24) is 25.0 Å². The van der Waals surface area contributed by atoms with Crippen LogP contribution in [0.3, 0.4) is 0 Å². The molecular formula is C22H27N5O2. The third kappa shape index (κ3) is 4.92. The van der Waals surface area contributed by atoms with Crippen LogP contribution in [0.5, 0.6) is 0 Å². The molecule has 3 aromatic rings. The van der Waals surface area contributed by atoms with E-state index in [9.17, 15) is 4.79 Å². The van der Waals surface area contributed by atoms with Gasteiger partial charge in [0, 0.05) is 32.5 Å². The van der Waals surface area contributed by atoms with Gasteiger partial charge in [-0.1, -0.05) is 30.3 Å². The third-order valence-corrected chi connectivity index (χ3v) is 5.36. The van der Waals surface area contributed by atoms with Crippen molar-refractivity contribution in [2.24, 2.45) is 0 Å². The van der Waals surface area contributed by atoms with Crippen LogP contribution in [0, 0.1) is 0 Å². The number of furan rings is 1. The van der Waals surface area contributed by atoms with Crippen LogP contribution in [0.2, 0.25) is 0 Å². The molecule has 1 N–H and O–H groups in total. The number of aromatic nitrogens is 3. The molecule has 0 saturated carbocycles. The highest BCUT2D eigenvalue weighted by atomic mass is 16.3. The maximum absolute atomic E-state index is 12.4. The van der Waals surface area contributed by atoms with Gasteiger partial charge in [0.15, 0.2) is 5.82 Å². The first-order chi connectivity index (χ1) is 14.2. The highest BCUT2D eigenvalue weighted by Crippen LogP contribution is 2.17. The molecule has 7 heteroatoms. The molecule has 3 heterocycles. The lowest BCUT2D eigenvalue weighted by atomic mass is 10.1. The van der Waals surface area contributed by atoms with Crippen LogP contribution in [-0.4, -0.2) is 38.7 Å². The Balaban J connectivity index is 1.33. The van der Waals surface area contributed by atoms with E-state index in [0.29, 0.717) is 6.42 Å². The second-order valence-corrected chi connectivity index (χ2v) is 7.51. The van der Waals surface area contributed by atoms with Crippen molar-refractivity contribution in [2.45, 2.75) is 45.3 Å². The van der Waals surface area contributed by atoms with Crippen LogP contribution in [0.1, 0.15) is 42.4 Å². The van der Waals surface area contributed by atoms with Crippen LogP contribution in [0.4, 0.5) is 0 Å². The van der Waals surface area contributed by atoms with Crippen LogP contribution in [-0.2, 0) is 30.7 Å². The van der Waals surface area contributed by atoms with Crippen molar-refractivity contribution in [3.05, 3.63) is 71.7 Å². The zero-order chi connectivity index (χ0) is 20.1. The number of amides is 1. The number of nitrogens with zero attached hydrogens (tertiary/aromatic N) is 4. The van der Waals surface area contributed by atoms with Crippen molar-refractivity contribution in [2.75, 3.05) is 13.1 Å². The normalized spacial score (nSPS) is 15.5. The summed E-state index contributed by atoms with van der Waals surface area (Å²) in [4.78, 5) is 14.8. The molecule has 1 amide bonds. The van der Waals surface area contributed by atoms with Gasteiger partial charge < -0.3 is 14.3 Å². The first-order valence-electron chi connectivity index (χ1n) is 10.2. The molecular weight excluding hydrogens is 366 g/mol. The van der Waals surface area contributed by atoms with Crippen LogP contribution in [0.25, 0.3) is 0 Å². The Morgan fingerprint density at radius 1 is 1.14 bits per heavy atom.